The molecule has 2 aromatic rings. The van der Waals surface area contributed by atoms with Gasteiger partial charge in [0.25, 0.3) is 0 Å². The Hall–Kier alpha value is -1.92. The van der Waals surface area contributed by atoms with Gasteiger partial charge in [-0.2, -0.15) is 0 Å². The molecule has 1 aliphatic heterocycles. The summed E-state index contributed by atoms with van der Waals surface area (Å²) in [4.78, 5) is 25.2. The Morgan fingerprint density at radius 3 is 2.76 bits per heavy atom. The smallest absolute Gasteiger partial charge is 0.233 e. The average molecular weight is 356 g/mol. The Labute approximate surface area is 153 Å². The standard InChI is InChI=1S/C19H24N4OS/c1-22(13-16-7-3-2-4-8-16)17-9-5-12-23(14-17)18(24)15-25-19-20-10-6-11-21-19/h2-4,6-8,10-11,17H,5,9,12-15H2,1H3/t17-/m0/s1. The molecule has 1 aromatic carbocycles. The van der Waals surface area contributed by atoms with Crippen molar-refractivity contribution in [2.24, 2.45) is 0 Å². The number of amides is 1. The maximum atomic E-state index is 12.5. The number of likely N-dealkylation sites (tertiary alicyclic amines) is 1. The van der Waals surface area contributed by atoms with Crippen LogP contribution in [0, 0.1) is 0 Å². The monoisotopic (exact) mass is 356 g/mol. The van der Waals surface area contributed by atoms with E-state index in [1.54, 1.807) is 18.5 Å². The summed E-state index contributed by atoms with van der Waals surface area (Å²) < 4.78 is 0. The van der Waals surface area contributed by atoms with Crippen LogP contribution in [0.2, 0.25) is 0 Å². The maximum absolute atomic E-state index is 12.5. The van der Waals surface area contributed by atoms with Crippen LogP contribution < -0.4 is 0 Å². The van der Waals surface area contributed by atoms with Crippen LogP contribution in [0.4, 0.5) is 0 Å². The molecule has 1 fully saturated rings. The van der Waals surface area contributed by atoms with Crippen molar-refractivity contribution in [3.05, 3.63) is 54.4 Å². The Bertz CT molecular complexity index is 668. The molecule has 0 unspecified atom stereocenters. The number of piperidine rings is 1. The summed E-state index contributed by atoms with van der Waals surface area (Å²) in [6.45, 7) is 2.57. The fourth-order valence-corrected chi connectivity index (χ4v) is 3.82. The molecule has 1 aromatic heterocycles. The predicted molar refractivity (Wildman–Crippen MR) is 100 cm³/mol. The Kier molecular flexibility index (Phi) is 6.42. The first-order valence-corrected chi connectivity index (χ1v) is 9.62. The Morgan fingerprint density at radius 2 is 2.00 bits per heavy atom. The van der Waals surface area contributed by atoms with Crippen LogP contribution in [-0.2, 0) is 11.3 Å². The van der Waals surface area contributed by atoms with E-state index in [1.165, 1.54) is 17.3 Å². The van der Waals surface area contributed by atoms with Crippen molar-refractivity contribution >= 4 is 17.7 Å². The normalized spacial score (nSPS) is 17.7. The summed E-state index contributed by atoms with van der Waals surface area (Å²) in [7, 11) is 2.15. The highest BCUT2D eigenvalue weighted by Gasteiger charge is 2.26. The van der Waals surface area contributed by atoms with E-state index in [4.69, 9.17) is 0 Å². The van der Waals surface area contributed by atoms with E-state index in [2.05, 4.69) is 46.2 Å². The molecule has 1 saturated heterocycles. The minimum Gasteiger partial charge on any atom is -0.340 e. The molecule has 6 heteroatoms. The van der Waals surface area contributed by atoms with Crippen LogP contribution >= 0.6 is 11.8 Å². The van der Waals surface area contributed by atoms with Gasteiger partial charge in [-0.25, -0.2) is 9.97 Å². The molecule has 0 spiro atoms. The number of benzene rings is 1. The molecule has 2 heterocycles. The quantitative estimate of drug-likeness (QED) is 0.588. The van der Waals surface area contributed by atoms with Gasteiger partial charge in [-0.3, -0.25) is 9.69 Å². The van der Waals surface area contributed by atoms with Gasteiger partial charge in [0, 0.05) is 38.1 Å². The number of aromatic nitrogens is 2. The van der Waals surface area contributed by atoms with Crippen molar-refractivity contribution in [1.82, 2.24) is 19.8 Å². The van der Waals surface area contributed by atoms with E-state index in [0.29, 0.717) is 17.0 Å². The summed E-state index contributed by atoms with van der Waals surface area (Å²) in [6.07, 6.45) is 5.61. The first-order chi connectivity index (χ1) is 12.2. The highest BCUT2D eigenvalue weighted by atomic mass is 32.2. The minimum atomic E-state index is 0.176. The maximum Gasteiger partial charge on any atom is 0.233 e. The summed E-state index contributed by atoms with van der Waals surface area (Å²) in [5.74, 6) is 0.578. The molecular formula is C19H24N4OS. The minimum absolute atomic E-state index is 0.176. The largest absolute Gasteiger partial charge is 0.340 e. The number of thioether (sulfide) groups is 1. The van der Waals surface area contributed by atoms with E-state index in [0.717, 1.165) is 32.5 Å². The lowest BCUT2D eigenvalue weighted by Gasteiger charge is -2.37. The second-order valence-electron chi connectivity index (χ2n) is 6.36. The van der Waals surface area contributed by atoms with Crippen molar-refractivity contribution in [2.75, 3.05) is 25.9 Å². The number of hydrogen-bond acceptors (Lipinski definition) is 5. The predicted octanol–water partition coefficient (Wildman–Crippen LogP) is 2.69. The molecule has 25 heavy (non-hydrogen) atoms. The van der Waals surface area contributed by atoms with Crippen LogP contribution in [0.25, 0.3) is 0 Å². The molecule has 5 nitrogen and oxygen atoms in total. The Balaban J connectivity index is 1.50. The van der Waals surface area contributed by atoms with Gasteiger partial charge in [0.2, 0.25) is 5.91 Å². The highest BCUT2D eigenvalue weighted by molar-refractivity contribution is 7.99. The van der Waals surface area contributed by atoms with Gasteiger partial charge in [-0.1, -0.05) is 42.1 Å². The second-order valence-corrected chi connectivity index (χ2v) is 7.30. The van der Waals surface area contributed by atoms with Gasteiger partial charge < -0.3 is 4.90 Å². The zero-order valence-corrected chi connectivity index (χ0v) is 15.4. The number of carbonyl (C=O) groups is 1. The van der Waals surface area contributed by atoms with Gasteiger partial charge in [0.15, 0.2) is 5.16 Å². The molecular weight excluding hydrogens is 332 g/mol. The number of carbonyl (C=O) groups excluding carboxylic acids is 1. The third-order valence-electron chi connectivity index (χ3n) is 4.51. The SMILES string of the molecule is CN(Cc1ccccc1)[C@H]1CCCN(C(=O)CSc2ncccn2)C1. The van der Waals surface area contributed by atoms with Crippen LogP contribution in [0.15, 0.2) is 53.9 Å². The first-order valence-electron chi connectivity index (χ1n) is 8.64. The van der Waals surface area contributed by atoms with Crippen LogP contribution in [0.5, 0.6) is 0 Å². The van der Waals surface area contributed by atoms with Gasteiger partial charge >= 0.3 is 0 Å². The molecule has 3 rings (SSSR count). The molecule has 0 bridgehead atoms. The number of rotatable bonds is 6. The number of hydrogen-bond donors (Lipinski definition) is 0. The van der Waals surface area contributed by atoms with E-state index in [-0.39, 0.29) is 5.91 Å². The van der Waals surface area contributed by atoms with Crippen molar-refractivity contribution in [2.45, 2.75) is 30.6 Å². The van der Waals surface area contributed by atoms with Crippen LogP contribution in [0.1, 0.15) is 18.4 Å². The average Bonchev–Trinajstić information content (AvgIpc) is 2.68. The third kappa shape index (κ3) is 5.28. The number of likely N-dealkylation sites (N-methyl/N-ethyl adjacent to an activating group) is 1. The molecule has 1 amide bonds. The van der Waals surface area contributed by atoms with Gasteiger partial charge in [-0.05, 0) is 31.5 Å². The van der Waals surface area contributed by atoms with E-state index >= 15 is 0 Å². The van der Waals surface area contributed by atoms with Gasteiger partial charge in [0.1, 0.15) is 0 Å². The van der Waals surface area contributed by atoms with Gasteiger partial charge in [-0.15, -0.1) is 0 Å². The second kappa shape index (κ2) is 8.97. The molecule has 0 aliphatic carbocycles. The summed E-state index contributed by atoms with van der Waals surface area (Å²) >= 11 is 1.41. The fraction of sp³-hybridized carbons (Fsp3) is 0.421. The lowest BCUT2D eigenvalue weighted by atomic mass is 10.0. The lowest BCUT2D eigenvalue weighted by Crippen LogP contribution is -2.48. The van der Waals surface area contributed by atoms with Crippen LogP contribution in [0.3, 0.4) is 0 Å². The third-order valence-corrected chi connectivity index (χ3v) is 5.37. The summed E-state index contributed by atoms with van der Waals surface area (Å²) in [5.41, 5.74) is 1.31. The van der Waals surface area contributed by atoms with Crippen molar-refractivity contribution in [3.63, 3.8) is 0 Å². The number of nitrogens with zero attached hydrogens (tertiary/aromatic N) is 4. The fourth-order valence-electron chi connectivity index (χ4n) is 3.12. The summed E-state index contributed by atoms with van der Waals surface area (Å²) in [5, 5.41) is 0.658. The summed E-state index contributed by atoms with van der Waals surface area (Å²) in [6, 6.07) is 12.7. The highest BCUT2D eigenvalue weighted by Crippen LogP contribution is 2.19. The zero-order chi connectivity index (χ0) is 17.5. The zero-order valence-electron chi connectivity index (χ0n) is 14.5. The van der Waals surface area contributed by atoms with Crippen molar-refractivity contribution in [3.8, 4) is 0 Å². The molecule has 132 valence electrons. The van der Waals surface area contributed by atoms with E-state index in [1.807, 2.05) is 11.0 Å². The van der Waals surface area contributed by atoms with Crippen molar-refractivity contribution < 1.29 is 4.79 Å². The van der Waals surface area contributed by atoms with E-state index in [9.17, 15) is 4.79 Å². The molecule has 1 atom stereocenters. The Morgan fingerprint density at radius 1 is 1.24 bits per heavy atom. The van der Waals surface area contributed by atoms with E-state index < -0.39 is 0 Å². The first kappa shape index (κ1) is 17.9. The van der Waals surface area contributed by atoms with Gasteiger partial charge in [0.05, 0.1) is 5.75 Å². The molecule has 0 saturated carbocycles. The molecule has 0 radical (unpaired) electrons. The molecule has 0 N–H and O–H groups in total. The topological polar surface area (TPSA) is 49.3 Å². The van der Waals surface area contributed by atoms with Crippen LogP contribution in [-0.4, -0.2) is 57.6 Å². The lowest BCUT2D eigenvalue weighted by molar-refractivity contribution is -0.130. The van der Waals surface area contributed by atoms with Crippen molar-refractivity contribution in [1.29, 1.82) is 0 Å². The molecule has 1 aliphatic rings.